The Morgan fingerprint density at radius 2 is 2.38 bits per heavy atom. The minimum absolute atomic E-state index is 0.173. The van der Waals surface area contributed by atoms with E-state index in [1.807, 2.05) is 4.90 Å². The van der Waals surface area contributed by atoms with Crippen molar-refractivity contribution in [1.29, 1.82) is 0 Å². The van der Waals surface area contributed by atoms with Crippen molar-refractivity contribution in [2.75, 3.05) is 23.7 Å². The number of hydrogen-bond donors (Lipinski definition) is 2. The van der Waals surface area contributed by atoms with Gasteiger partial charge in [-0.15, -0.1) is 0 Å². The SMILES string of the molecule is NC(=O)O[C@H]1CCN(c2cc(N)ncn2)C1. The third kappa shape index (κ3) is 2.30. The fourth-order valence-electron chi connectivity index (χ4n) is 1.73. The molecule has 2 heterocycles. The molecule has 86 valence electrons. The van der Waals surface area contributed by atoms with Gasteiger partial charge in [-0.05, 0) is 0 Å². The predicted molar refractivity (Wildman–Crippen MR) is 57.7 cm³/mol. The summed E-state index contributed by atoms with van der Waals surface area (Å²) in [4.78, 5) is 20.5. The zero-order chi connectivity index (χ0) is 11.5. The number of primary amides is 1. The lowest BCUT2D eigenvalue weighted by molar-refractivity contribution is 0.117. The summed E-state index contributed by atoms with van der Waals surface area (Å²) < 4.78 is 4.92. The average molecular weight is 223 g/mol. The van der Waals surface area contributed by atoms with Crippen LogP contribution in [0.25, 0.3) is 0 Å². The molecule has 0 saturated carbocycles. The summed E-state index contributed by atoms with van der Waals surface area (Å²) >= 11 is 0. The maximum absolute atomic E-state index is 10.6. The normalized spacial score (nSPS) is 19.8. The average Bonchev–Trinajstić information content (AvgIpc) is 2.65. The fourth-order valence-corrected chi connectivity index (χ4v) is 1.73. The van der Waals surface area contributed by atoms with Crippen molar-refractivity contribution in [2.45, 2.75) is 12.5 Å². The van der Waals surface area contributed by atoms with Crippen LogP contribution in [-0.2, 0) is 4.74 Å². The zero-order valence-electron chi connectivity index (χ0n) is 8.67. The monoisotopic (exact) mass is 223 g/mol. The van der Waals surface area contributed by atoms with E-state index >= 15 is 0 Å². The topological polar surface area (TPSA) is 107 Å². The Morgan fingerprint density at radius 1 is 1.56 bits per heavy atom. The first-order chi connectivity index (χ1) is 7.65. The van der Waals surface area contributed by atoms with E-state index in [0.717, 1.165) is 18.8 Å². The van der Waals surface area contributed by atoms with Crippen molar-refractivity contribution < 1.29 is 9.53 Å². The summed E-state index contributed by atoms with van der Waals surface area (Å²) in [6.07, 6.45) is 1.24. The lowest BCUT2D eigenvalue weighted by Crippen LogP contribution is -2.27. The molecule has 4 N–H and O–H groups in total. The molecule has 0 spiro atoms. The Bertz CT molecular complexity index is 397. The smallest absolute Gasteiger partial charge is 0.404 e. The second kappa shape index (κ2) is 4.21. The number of nitrogens with zero attached hydrogens (tertiary/aromatic N) is 3. The second-order valence-electron chi connectivity index (χ2n) is 3.59. The number of ether oxygens (including phenoxy) is 1. The molecular weight excluding hydrogens is 210 g/mol. The molecule has 1 amide bonds. The van der Waals surface area contributed by atoms with Gasteiger partial charge in [0.25, 0.3) is 0 Å². The number of carbonyl (C=O) groups is 1. The minimum atomic E-state index is -0.742. The van der Waals surface area contributed by atoms with Gasteiger partial charge < -0.3 is 21.1 Å². The van der Waals surface area contributed by atoms with Crippen molar-refractivity contribution >= 4 is 17.7 Å². The highest BCUT2D eigenvalue weighted by molar-refractivity contribution is 5.65. The third-order valence-corrected chi connectivity index (χ3v) is 2.43. The Morgan fingerprint density at radius 3 is 3.06 bits per heavy atom. The molecule has 1 saturated heterocycles. The molecule has 0 radical (unpaired) electrons. The van der Waals surface area contributed by atoms with Crippen LogP contribution >= 0.6 is 0 Å². The number of hydrogen-bond acceptors (Lipinski definition) is 6. The highest BCUT2D eigenvalue weighted by Gasteiger charge is 2.25. The quantitative estimate of drug-likeness (QED) is 0.714. The Labute approximate surface area is 92.4 Å². The van der Waals surface area contributed by atoms with E-state index in [4.69, 9.17) is 16.2 Å². The van der Waals surface area contributed by atoms with Gasteiger partial charge in [-0.1, -0.05) is 0 Å². The van der Waals surface area contributed by atoms with E-state index in [9.17, 15) is 4.79 Å². The molecule has 1 atom stereocenters. The second-order valence-corrected chi connectivity index (χ2v) is 3.59. The number of amides is 1. The molecule has 7 heteroatoms. The van der Waals surface area contributed by atoms with Crippen molar-refractivity contribution in [3.8, 4) is 0 Å². The summed E-state index contributed by atoms with van der Waals surface area (Å²) in [5.41, 5.74) is 10.5. The standard InChI is InChI=1S/C9H13N5O2/c10-7-3-8(13-5-12-7)14-2-1-6(4-14)16-9(11)15/h3,5-6H,1-2,4H2,(H2,11,15)(H2,10,12,13)/t6-/m0/s1. The van der Waals surface area contributed by atoms with Crippen LogP contribution in [0.2, 0.25) is 0 Å². The summed E-state index contributed by atoms with van der Waals surface area (Å²) in [5.74, 6) is 1.16. The molecule has 0 unspecified atom stereocenters. The molecule has 16 heavy (non-hydrogen) atoms. The number of rotatable bonds is 2. The molecule has 1 aromatic heterocycles. The van der Waals surface area contributed by atoms with Crippen molar-refractivity contribution in [2.24, 2.45) is 5.73 Å². The highest BCUT2D eigenvalue weighted by Crippen LogP contribution is 2.20. The number of nitrogen functional groups attached to an aromatic ring is 1. The van der Waals surface area contributed by atoms with Crippen LogP contribution in [0.3, 0.4) is 0 Å². The number of nitrogens with two attached hydrogens (primary N) is 2. The van der Waals surface area contributed by atoms with Gasteiger partial charge in [-0.3, -0.25) is 0 Å². The van der Waals surface area contributed by atoms with Crippen molar-refractivity contribution in [3.63, 3.8) is 0 Å². The summed E-state index contributed by atoms with van der Waals surface area (Å²) in [5, 5.41) is 0. The van der Waals surface area contributed by atoms with Crippen molar-refractivity contribution in [3.05, 3.63) is 12.4 Å². The summed E-state index contributed by atoms with van der Waals surface area (Å²) in [6, 6.07) is 1.69. The Hall–Kier alpha value is -2.05. The van der Waals surface area contributed by atoms with Crippen LogP contribution in [0.5, 0.6) is 0 Å². The molecular formula is C9H13N5O2. The molecule has 7 nitrogen and oxygen atoms in total. The molecule has 0 aliphatic carbocycles. The number of anilines is 2. The third-order valence-electron chi connectivity index (χ3n) is 2.43. The van der Waals surface area contributed by atoms with Gasteiger partial charge in [0.05, 0.1) is 6.54 Å². The lowest BCUT2D eigenvalue weighted by Gasteiger charge is -2.16. The van der Waals surface area contributed by atoms with Gasteiger partial charge in [0.15, 0.2) is 0 Å². The summed E-state index contributed by atoms with van der Waals surface area (Å²) in [7, 11) is 0. The van der Waals surface area contributed by atoms with Crippen LogP contribution in [0.15, 0.2) is 12.4 Å². The summed E-state index contributed by atoms with van der Waals surface area (Å²) in [6.45, 7) is 1.34. The Kier molecular flexibility index (Phi) is 2.76. The molecule has 1 aromatic rings. The maximum Gasteiger partial charge on any atom is 0.404 e. The van der Waals surface area contributed by atoms with Gasteiger partial charge in [0, 0.05) is 19.0 Å². The van der Waals surface area contributed by atoms with E-state index in [1.165, 1.54) is 6.33 Å². The molecule has 2 rings (SSSR count). The van der Waals surface area contributed by atoms with E-state index in [0.29, 0.717) is 12.4 Å². The van der Waals surface area contributed by atoms with Gasteiger partial charge in [-0.2, -0.15) is 0 Å². The fraction of sp³-hybridized carbons (Fsp3) is 0.444. The molecule has 1 fully saturated rings. The Balaban J connectivity index is 2.00. The van der Waals surface area contributed by atoms with Crippen LogP contribution in [0.4, 0.5) is 16.4 Å². The first-order valence-electron chi connectivity index (χ1n) is 4.93. The van der Waals surface area contributed by atoms with Crippen LogP contribution in [-0.4, -0.2) is 35.3 Å². The van der Waals surface area contributed by atoms with E-state index in [1.54, 1.807) is 6.07 Å². The highest BCUT2D eigenvalue weighted by atomic mass is 16.6. The van der Waals surface area contributed by atoms with E-state index < -0.39 is 6.09 Å². The van der Waals surface area contributed by atoms with E-state index in [-0.39, 0.29) is 6.10 Å². The maximum atomic E-state index is 10.6. The van der Waals surface area contributed by atoms with Gasteiger partial charge in [0.2, 0.25) is 0 Å². The first-order valence-corrected chi connectivity index (χ1v) is 4.93. The molecule has 1 aliphatic heterocycles. The van der Waals surface area contributed by atoms with Gasteiger partial charge >= 0.3 is 6.09 Å². The molecule has 1 aliphatic rings. The number of carbonyl (C=O) groups excluding carboxylic acids is 1. The van der Waals surface area contributed by atoms with Crippen LogP contribution in [0, 0.1) is 0 Å². The predicted octanol–water partition coefficient (Wildman–Crippen LogP) is -0.267. The van der Waals surface area contributed by atoms with Gasteiger partial charge in [0.1, 0.15) is 24.1 Å². The number of aromatic nitrogens is 2. The zero-order valence-corrected chi connectivity index (χ0v) is 8.67. The molecule has 0 aromatic carbocycles. The van der Waals surface area contributed by atoms with Crippen LogP contribution in [0.1, 0.15) is 6.42 Å². The van der Waals surface area contributed by atoms with Crippen molar-refractivity contribution in [1.82, 2.24) is 9.97 Å². The first kappa shape index (κ1) is 10.5. The van der Waals surface area contributed by atoms with Crippen LogP contribution < -0.4 is 16.4 Å². The molecule has 0 bridgehead atoms. The largest absolute Gasteiger partial charge is 0.444 e. The van der Waals surface area contributed by atoms with Gasteiger partial charge in [-0.25, -0.2) is 14.8 Å². The van der Waals surface area contributed by atoms with E-state index in [2.05, 4.69) is 9.97 Å². The minimum Gasteiger partial charge on any atom is -0.444 e. The lowest BCUT2D eigenvalue weighted by atomic mass is 10.3.